The molecule has 2 heterocycles. The van der Waals surface area contributed by atoms with Crippen molar-refractivity contribution < 1.29 is 9.50 Å². The Bertz CT molecular complexity index is 1140. The molecule has 1 aliphatic heterocycles. The molecule has 3 rings (SSSR count). The number of fused-ring (bicyclic) bond motifs is 1. The zero-order chi connectivity index (χ0) is 23.4. The van der Waals surface area contributed by atoms with Crippen LogP contribution in [-0.2, 0) is 13.6 Å². The molecule has 0 amide bonds. The number of aromatic nitrogens is 2. The summed E-state index contributed by atoms with van der Waals surface area (Å²) in [5.74, 6) is 0.210. The van der Waals surface area contributed by atoms with E-state index in [-0.39, 0.29) is 25.4 Å². The molecule has 2 N–H and O–H groups in total. The summed E-state index contributed by atoms with van der Waals surface area (Å²) in [7, 11) is 1.59. The summed E-state index contributed by atoms with van der Waals surface area (Å²) in [5.41, 5.74) is 1.06. The van der Waals surface area contributed by atoms with Crippen LogP contribution in [0.1, 0.15) is 26.2 Å². The highest BCUT2D eigenvalue weighted by Crippen LogP contribution is 2.36. The number of aliphatic hydroxyl groups is 1. The Labute approximate surface area is 191 Å². The molecule has 0 fully saturated rings. The van der Waals surface area contributed by atoms with Crippen LogP contribution in [0.25, 0.3) is 0 Å². The number of aliphatic hydroxyl groups excluding tert-OH is 1. The average Bonchev–Trinajstić information content (AvgIpc) is 3.16. The van der Waals surface area contributed by atoms with Crippen LogP contribution in [0.2, 0.25) is 0 Å². The number of anilines is 2. The summed E-state index contributed by atoms with van der Waals surface area (Å²) in [6.45, 7) is 5.93. The van der Waals surface area contributed by atoms with Gasteiger partial charge in [-0.25, -0.2) is 9.18 Å². The SMILES string of the molecule is C=C/C(Cl)=C(\C=C/C)C1Nc2c(c(=O)n(CCCO)c(=O)n2C)N1CC1=CC=C(F)CC1. The predicted octanol–water partition coefficient (Wildman–Crippen LogP) is 3.32. The Kier molecular flexibility index (Phi) is 7.58. The van der Waals surface area contributed by atoms with E-state index in [0.717, 1.165) is 10.1 Å². The monoisotopic (exact) mass is 462 g/mol. The molecule has 0 bridgehead atoms. The van der Waals surface area contributed by atoms with Crippen LogP contribution in [0.15, 0.2) is 68.6 Å². The molecule has 1 atom stereocenters. The van der Waals surface area contributed by atoms with Crippen molar-refractivity contribution in [3.8, 4) is 0 Å². The molecule has 172 valence electrons. The Morgan fingerprint density at radius 1 is 1.38 bits per heavy atom. The zero-order valence-electron chi connectivity index (χ0n) is 18.3. The van der Waals surface area contributed by atoms with Crippen LogP contribution < -0.4 is 21.5 Å². The molecule has 0 spiro atoms. The fourth-order valence-electron chi connectivity index (χ4n) is 3.96. The van der Waals surface area contributed by atoms with Crippen molar-refractivity contribution in [3.63, 3.8) is 0 Å². The molecule has 0 saturated carbocycles. The maximum atomic E-state index is 13.5. The minimum atomic E-state index is -0.532. The van der Waals surface area contributed by atoms with Crippen molar-refractivity contribution in [2.45, 2.75) is 38.9 Å². The third-order valence-electron chi connectivity index (χ3n) is 5.59. The standard InChI is InChI=1S/C23H28ClFN4O3/c1-4-7-17(18(24)5-2)20-26-21-19(29(20)14-15-8-10-16(25)11-9-15)22(31)28(12-6-13-30)23(32)27(21)3/h4-5,7-8,10,20,26,30H,2,6,9,11-14H2,1,3H3/b7-4-,18-17-. The van der Waals surface area contributed by atoms with E-state index in [1.165, 1.54) is 16.7 Å². The van der Waals surface area contributed by atoms with Gasteiger partial charge >= 0.3 is 5.69 Å². The largest absolute Gasteiger partial charge is 0.396 e. The molecule has 0 radical (unpaired) electrons. The lowest BCUT2D eigenvalue weighted by Crippen LogP contribution is -2.43. The summed E-state index contributed by atoms with van der Waals surface area (Å²) >= 11 is 6.46. The molecule has 1 aromatic rings. The molecule has 2 aliphatic rings. The molecule has 0 aromatic carbocycles. The van der Waals surface area contributed by atoms with Crippen LogP contribution in [0, 0.1) is 0 Å². The van der Waals surface area contributed by atoms with E-state index in [9.17, 15) is 19.1 Å². The van der Waals surface area contributed by atoms with E-state index in [0.29, 0.717) is 41.5 Å². The normalized spacial score (nSPS) is 18.8. The maximum absolute atomic E-state index is 13.5. The van der Waals surface area contributed by atoms with Crippen LogP contribution >= 0.6 is 11.6 Å². The number of rotatable bonds is 8. The van der Waals surface area contributed by atoms with Gasteiger partial charge in [-0.3, -0.25) is 13.9 Å². The topological polar surface area (TPSA) is 79.5 Å². The summed E-state index contributed by atoms with van der Waals surface area (Å²) in [6, 6.07) is 0. The molecular weight excluding hydrogens is 435 g/mol. The van der Waals surface area contributed by atoms with Crippen molar-refractivity contribution in [3.05, 3.63) is 79.8 Å². The number of nitrogens with zero attached hydrogens (tertiary/aromatic N) is 3. The van der Waals surface area contributed by atoms with Gasteiger partial charge in [0.15, 0.2) is 0 Å². The molecule has 0 saturated heterocycles. The van der Waals surface area contributed by atoms with E-state index in [1.54, 1.807) is 13.1 Å². The van der Waals surface area contributed by atoms with Crippen LogP contribution in [-0.4, -0.2) is 33.6 Å². The van der Waals surface area contributed by atoms with Gasteiger partial charge in [-0.15, -0.1) is 0 Å². The third-order valence-corrected chi connectivity index (χ3v) is 5.96. The Hall–Kier alpha value is -2.84. The van der Waals surface area contributed by atoms with Crippen molar-refractivity contribution in [1.82, 2.24) is 9.13 Å². The molecule has 1 aromatic heterocycles. The van der Waals surface area contributed by atoms with Gasteiger partial charge in [-0.1, -0.05) is 48.1 Å². The Balaban J connectivity index is 2.20. The number of nitrogens with one attached hydrogen (secondary N) is 1. The summed E-state index contributed by atoms with van der Waals surface area (Å²) < 4.78 is 16.1. The first-order valence-electron chi connectivity index (χ1n) is 10.5. The van der Waals surface area contributed by atoms with Crippen molar-refractivity contribution >= 4 is 23.1 Å². The van der Waals surface area contributed by atoms with Gasteiger partial charge in [-0.05, 0) is 25.8 Å². The first-order chi connectivity index (χ1) is 15.3. The van der Waals surface area contributed by atoms with Gasteiger partial charge in [-0.2, -0.15) is 0 Å². The lowest BCUT2D eigenvalue weighted by molar-refractivity contribution is 0.277. The van der Waals surface area contributed by atoms with Gasteiger partial charge in [0.25, 0.3) is 5.56 Å². The minimum Gasteiger partial charge on any atom is -0.396 e. The number of halogens is 2. The smallest absolute Gasteiger partial charge is 0.332 e. The molecule has 32 heavy (non-hydrogen) atoms. The number of hydrogen-bond donors (Lipinski definition) is 2. The van der Waals surface area contributed by atoms with Gasteiger partial charge in [0, 0.05) is 43.8 Å². The van der Waals surface area contributed by atoms with Gasteiger partial charge in [0.2, 0.25) is 0 Å². The van der Waals surface area contributed by atoms with E-state index in [2.05, 4.69) is 11.9 Å². The highest BCUT2D eigenvalue weighted by molar-refractivity contribution is 6.31. The Morgan fingerprint density at radius 2 is 2.12 bits per heavy atom. The molecule has 1 unspecified atom stereocenters. The summed E-state index contributed by atoms with van der Waals surface area (Å²) in [6.07, 6.45) is 8.95. The van der Waals surface area contributed by atoms with Crippen molar-refractivity contribution in [2.75, 3.05) is 23.4 Å². The second-order valence-electron chi connectivity index (χ2n) is 7.69. The molecular formula is C23H28ClFN4O3. The van der Waals surface area contributed by atoms with E-state index < -0.39 is 17.4 Å². The number of allylic oxidation sites excluding steroid dienone is 6. The Morgan fingerprint density at radius 3 is 2.72 bits per heavy atom. The van der Waals surface area contributed by atoms with E-state index in [4.69, 9.17) is 11.6 Å². The third kappa shape index (κ3) is 4.52. The zero-order valence-corrected chi connectivity index (χ0v) is 19.0. The summed E-state index contributed by atoms with van der Waals surface area (Å²) in [4.78, 5) is 28.1. The lowest BCUT2D eigenvalue weighted by atomic mass is 10.0. The first kappa shape index (κ1) is 23.8. The van der Waals surface area contributed by atoms with Crippen molar-refractivity contribution in [1.29, 1.82) is 0 Å². The van der Waals surface area contributed by atoms with Gasteiger partial charge < -0.3 is 15.3 Å². The second-order valence-corrected chi connectivity index (χ2v) is 8.10. The van der Waals surface area contributed by atoms with Crippen LogP contribution in [0.3, 0.4) is 0 Å². The predicted molar refractivity (Wildman–Crippen MR) is 127 cm³/mol. The maximum Gasteiger partial charge on any atom is 0.332 e. The average molecular weight is 463 g/mol. The van der Waals surface area contributed by atoms with E-state index >= 15 is 0 Å². The highest BCUT2D eigenvalue weighted by Gasteiger charge is 2.37. The quantitative estimate of drug-likeness (QED) is 0.579. The molecule has 7 nitrogen and oxygen atoms in total. The van der Waals surface area contributed by atoms with Crippen LogP contribution in [0.5, 0.6) is 0 Å². The molecule has 9 heteroatoms. The highest BCUT2D eigenvalue weighted by atomic mass is 35.5. The second kappa shape index (κ2) is 10.2. The lowest BCUT2D eigenvalue weighted by Gasteiger charge is -2.29. The van der Waals surface area contributed by atoms with Crippen LogP contribution in [0.4, 0.5) is 15.9 Å². The summed E-state index contributed by atoms with van der Waals surface area (Å²) in [5, 5.41) is 12.9. The van der Waals surface area contributed by atoms with Gasteiger partial charge in [0.05, 0.1) is 0 Å². The molecule has 1 aliphatic carbocycles. The first-order valence-corrected chi connectivity index (χ1v) is 10.9. The fraction of sp³-hybridized carbons (Fsp3) is 0.391. The van der Waals surface area contributed by atoms with Crippen molar-refractivity contribution in [2.24, 2.45) is 7.05 Å². The minimum absolute atomic E-state index is 0.107. The van der Waals surface area contributed by atoms with Gasteiger partial charge in [0.1, 0.15) is 23.5 Å². The van der Waals surface area contributed by atoms with E-state index in [1.807, 2.05) is 24.0 Å². The number of hydrogen-bond acceptors (Lipinski definition) is 5. The fourth-order valence-corrected chi connectivity index (χ4v) is 4.12.